The van der Waals surface area contributed by atoms with Gasteiger partial charge in [0.25, 0.3) is 0 Å². The van der Waals surface area contributed by atoms with Gasteiger partial charge in [0.15, 0.2) is 23.0 Å². The molecule has 0 spiro atoms. The quantitative estimate of drug-likeness (QED) is 0.160. The van der Waals surface area contributed by atoms with Crippen LogP contribution in [-0.2, 0) is 18.9 Å². The lowest BCUT2D eigenvalue weighted by Crippen LogP contribution is -2.60. The van der Waals surface area contributed by atoms with Crippen molar-refractivity contribution in [1.29, 1.82) is 0 Å². The maximum atomic E-state index is 10.4. The van der Waals surface area contributed by atoms with Crippen LogP contribution in [0.15, 0.2) is 36.4 Å². The highest BCUT2D eigenvalue weighted by molar-refractivity contribution is 5.46. The van der Waals surface area contributed by atoms with Gasteiger partial charge in [-0.3, -0.25) is 0 Å². The molecule has 7 N–H and O–H groups in total. The van der Waals surface area contributed by atoms with Gasteiger partial charge >= 0.3 is 0 Å². The minimum atomic E-state index is -1.81. The van der Waals surface area contributed by atoms with Crippen LogP contribution >= 0.6 is 0 Å². The van der Waals surface area contributed by atoms with Gasteiger partial charge in [-0.25, -0.2) is 0 Å². The monoisotopic (exact) mass is 652 g/mol. The number of rotatable bonds is 10. The van der Waals surface area contributed by atoms with Crippen LogP contribution in [0.4, 0.5) is 0 Å². The zero-order valence-corrected chi connectivity index (χ0v) is 25.2. The van der Waals surface area contributed by atoms with Crippen LogP contribution in [-0.4, -0.2) is 132 Å². The zero-order valence-electron chi connectivity index (χ0n) is 25.2. The third kappa shape index (κ3) is 5.90. The summed E-state index contributed by atoms with van der Waals surface area (Å²) in [5, 5.41) is 70.0. The molecule has 2 aromatic rings. The van der Waals surface area contributed by atoms with E-state index >= 15 is 0 Å². The predicted molar refractivity (Wildman–Crippen MR) is 153 cm³/mol. The van der Waals surface area contributed by atoms with Crippen molar-refractivity contribution in [3.63, 3.8) is 0 Å². The van der Waals surface area contributed by atoms with Crippen molar-refractivity contribution in [2.75, 3.05) is 47.3 Å². The van der Waals surface area contributed by atoms with Gasteiger partial charge in [0.2, 0.25) is 12.6 Å². The second kappa shape index (κ2) is 13.4. The molecule has 2 aromatic carbocycles. The topological polar surface area (TPSA) is 215 Å². The normalized spacial score (nSPS) is 38.8. The van der Waals surface area contributed by atoms with Gasteiger partial charge in [-0.1, -0.05) is 12.1 Å². The third-order valence-electron chi connectivity index (χ3n) is 9.21. The molecule has 0 bridgehead atoms. The fourth-order valence-electron chi connectivity index (χ4n) is 6.46. The van der Waals surface area contributed by atoms with Gasteiger partial charge in [-0.15, -0.1) is 0 Å². The summed E-state index contributed by atoms with van der Waals surface area (Å²) < 4.78 is 46.0. The minimum absolute atomic E-state index is 0.00652. The summed E-state index contributed by atoms with van der Waals surface area (Å²) in [6.45, 7) is -0.689. The summed E-state index contributed by atoms with van der Waals surface area (Å²) in [6, 6.07) is 10.5. The Hall–Kier alpha value is -2.80. The van der Waals surface area contributed by atoms with E-state index in [1.54, 1.807) is 30.3 Å². The molecule has 254 valence electrons. The van der Waals surface area contributed by atoms with E-state index in [4.69, 9.17) is 37.9 Å². The second-order valence-electron chi connectivity index (χ2n) is 12.0. The van der Waals surface area contributed by atoms with Crippen molar-refractivity contribution >= 4 is 0 Å². The standard InChI is InChI=1S/C31H40O15/c1-39-20-7-14(3-5-18(20)44-29-25(36)24(35)23(34)22(9-32)46-29)26-16-10-42-27(17(16)11-41-26)15-4-6-19(21(8-15)40-2)45-30-28(37)31(38,12-33)13-43-30/h3-8,16-17,22-30,32-38H,9-13H2,1-2H3/t16-,17-,22+,23+,24-,25+,26+,27+,28-,29+,30?,31+/m0/s1. The molecule has 0 amide bonds. The highest BCUT2D eigenvalue weighted by Gasteiger charge is 2.51. The first kappa shape index (κ1) is 33.1. The van der Waals surface area contributed by atoms with E-state index in [1.807, 2.05) is 6.07 Å². The average Bonchev–Trinajstić information content (AvgIpc) is 3.76. The Labute approximate surface area is 264 Å². The summed E-state index contributed by atoms with van der Waals surface area (Å²) in [7, 11) is 2.94. The van der Waals surface area contributed by atoms with E-state index in [9.17, 15) is 35.7 Å². The van der Waals surface area contributed by atoms with Gasteiger partial charge in [-0.2, -0.15) is 0 Å². The lowest BCUT2D eigenvalue weighted by atomic mass is 9.85. The zero-order chi connectivity index (χ0) is 32.7. The first-order valence-corrected chi connectivity index (χ1v) is 15.0. The van der Waals surface area contributed by atoms with Crippen molar-refractivity contribution in [1.82, 2.24) is 0 Å². The predicted octanol–water partition coefficient (Wildman–Crippen LogP) is -1.22. The Bertz CT molecular complexity index is 1360. The fourth-order valence-corrected chi connectivity index (χ4v) is 6.46. The number of benzene rings is 2. The van der Waals surface area contributed by atoms with Crippen LogP contribution in [0.5, 0.6) is 23.0 Å². The number of hydrogen-bond donors (Lipinski definition) is 7. The van der Waals surface area contributed by atoms with Crippen LogP contribution in [0.1, 0.15) is 23.3 Å². The number of aliphatic hydroxyl groups is 7. The molecular weight excluding hydrogens is 612 g/mol. The van der Waals surface area contributed by atoms with Crippen molar-refractivity contribution in [3.05, 3.63) is 47.5 Å². The van der Waals surface area contributed by atoms with Crippen LogP contribution < -0.4 is 18.9 Å². The smallest absolute Gasteiger partial charge is 0.229 e. The van der Waals surface area contributed by atoms with Gasteiger partial charge in [0.1, 0.15) is 36.1 Å². The highest BCUT2D eigenvalue weighted by Crippen LogP contribution is 2.52. The number of fused-ring (bicyclic) bond motifs is 1. The Morgan fingerprint density at radius 1 is 0.717 bits per heavy atom. The third-order valence-corrected chi connectivity index (χ3v) is 9.21. The molecule has 0 aromatic heterocycles. The minimum Gasteiger partial charge on any atom is -0.493 e. The molecule has 46 heavy (non-hydrogen) atoms. The van der Waals surface area contributed by atoms with Gasteiger partial charge < -0.3 is 73.6 Å². The molecule has 1 unspecified atom stereocenters. The molecule has 0 saturated carbocycles. The molecule has 4 heterocycles. The molecule has 4 aliphatic heterocycles. The largest absolute Gasteiger partial charge is 0.493 e. The van der Waals surface area contributed by atoms with Crippen molar-refractivity contribution < 1.29 is 73.6 Å². The first-order chi connectivity index (χ1) is 22.1. The first-order valence-electron chi connectivity index (χ1n) is 15.0. The molecule has 0 aliphatic carbocycles. The maximum absolute atomic E-state index is 10.4. The van der Waals surface area contributed by atoms with E-state index in [-0.39, 0.29) is 42.1 Å². The second-order valence-corrected chi connectivity index (χ2v) is 12.0. The number of hydrogen-bond acceptors (Lipinski definition) is 15. The van der Waals surface area contributed by atoms with Crippen molar-refractivity contribution in [2.24, 2.45) is 11.8 Å². The van der Waals surface area contributed by atoms with Crippen LogP contribution in [0, 0.1) is 11.8 Å². The summed E-state index contributed by atoms with van der Waals surface area (Å²) in [4.78, 5) is 0. The summed E-state index contributed by atoms with van der Waals surface area (Å²) in [5.41, 5.74) is -0.166. The Kier molecular flexibility index (Phi) is 9.62. The molecule has 15 nitrogen and oxygen atoms in total. The van der Waals surface area contributed by atoms with Gasteiger partial charge in [0, 0.05) is 11.8 Å². The SMILES string of the molecule is COc1cc([C@H]2OC[C@H]3[C@@H]2CO[C@@H]3c2ccc(O[C@@H]3O[C@H](CO)[C@@H](O)[C@H](O)[C@H]3O)c(OC)c2)ccc1OC1OC[C@](O)(CO)[C@H]1O. The fraction of sp³-hybridized carbons (Fsp3) is 0.613. The van der Waals surface area contributed by atoms with E-state index in [0.29, 0.717) is 24.7 Å². The maximum Gasteiger partial charge on any atom is 0.229 e. The lowest BCUT2D eigenvalue weighted by Gasteiger charge is -2.39. The summed E-state index contributed by atoms with van der Waals surface area (Å²) in [5.74, 6) is 1.22. The van der Waals surface area contributed by atoms with Gasteiger partial charge in [-0.05, 0) is 35.4 Å². The van der Waals surface area contributed by atoms with Crippen LogP contribution in [0.3, 0.4) is 0 Å². The number of methoxy groups -OCH3 is 2. The van der Waals surface area contributed by atoms with E-state index in [2.05, 4.69) is 0 Å². The molecule has 15 heteroatoms. The highest BCUT2D eigenvalue weighted by atomic mass is 16.7. The van der Waals surface area contributed by atoms with Crippen molar-refractivity contribution in [3.8, 4) is 23.0 Å². The molecule has 4 saturated heterocycles. The Morgan fingerprint density at radius 2 is 1.26 bits per heavy atom. The molecule has 0 radical (unpaired) electrons. The van der Waals surface area contributed by atoms with Crippen LogP contribution in [0.2, 0.25) is 0 Å². The lowest BCUT2D eigenvalue weighted by molar-refractivity contribution is -0.277. The average molecular weight is 653 g/mol. The Balaban J connectivity index is 1.14. The van der Waals surface area contributed by atoms with Crippen LogP contribution in [0.25, 0.3) is 0 Å². The summed E-state index contributed by atoms with van der Waals surface area (Å²) in [6.07, 6.45) is -10.4. The Morgan fingerprint density at radius 3 is 1.74 bits per heavy atom. The van der Waals surface area contributed by atoms with E-state index in [1.165, 1.54) is 14.2 Å². The molecule has 4 fully saturated rings. The molecule has 4 aliphatic rings. The molecule has 6 rings (SSSR count). The molecule has 12 atom stereocenters. The number of aliphatic hydroxyl groups excluding tert-OH is 6. The molecular formula is C31H40O15. The number of ether oxygens (including phenoxy) is 8. The van der Waals surface area contributed by atoms with Gasteiger partial charge in [0.05, 0.1) is 59.5 Å². The van der Waals surface area contributed by atoms with E-state index < -0.39 is 61.9 Å². The van der Waals surface area contributed by atoms with E-state index in [0.717, 1.165) is 11.1 Å². The summed E-state index contributed by atoms with van der Waals surface area (Å²) >= 11 is 0. The van der Waals surface area contributed by atoms with Crippen molar-refractivity contribution in [2.45, 2.75) is 60.9 Å².